The highest BCUT2D eigenvalue weighted by atomic mass is 35.5. The second kappa shape index (κ2) is 11.5. The van der Waals surface area contributed by atoms with E-state index in [9.17, 15) is 22.8 Å². The van der Waals surface area contributed by atoms with Crippen LogP contribution in [0.15, 0.2) is 29.3 Å². The van der Waals surface area contributed by atoms with E-state index in [2.05, 4.69) is 26.6 Å². The number of pyridine rings is 1. The van der Waals surface area contributed by atoms with Crippen LogP contribution in [0.3, 0.4) is 0 Å². The molecular weight excluding hydrogens is 572 g/mol. The number of ether oxygens (including phenoxy) is 2. The van der Waals surface area contributed by atoms with Crippen LogP contribution < -0.4 is 11.1 Å². The van der Waals surface area contributed by atoms with Crippen molar-refractivity contribution in [1.82, 2.24) is 14.8 Å². The van der Waals surface area contributed by atoms with Gasteiger partial charge in [0.2, 0.25) is 6.35 Å². The topological polar surface area (TPSA) is 122 Å². The molecule has 220 valence electrons. The fourth-order valence-corrected chi connectivity index (χ4v) is 5.23. The number of aromatic nitrogens is 1. The zero-order valence-corrected chi connectivity index (χ0v) is 23.1. The van der Waals surface area contributed by atoms with Gasteiger partial charge in [-0.25, -0.2) is 14.4 Å². The summed E-state index contributed by atoms with van der Waals surface area (Å²) in [4.78, 5) is 34.9. The maximum atomic E-state index is 16.2. The van der Waals surface area contributed by atoms with E-state index in [0.29, 0.717) is 0 Å². The van der Waals surface area contributed by atoms with Gasteiger partial charge < -0.3 is 30.3 Å². The lowest BCUT2D eigenvalue weighted by atomic mass is 9.96. The molecule has 2 aliphatic rings. The third kappa shape index (κ3) is 5.79. The highest BCUT2D eigenvalue weighted by molar-refractivity contribution is 6.34. The molecule has 1 amide bonds. The Morgan fingerprint density at radius 3 is 2.66 bits per heavy atom. The first-order valence-electron chi connectivity index (χ1n) is 12.3. The number of nitrogen functional groups attached to an aromatic ring is 1. The molecule has 10 nitrogen and oxygen atoms in total. The lowest BCUT2D eigenvalue weighted by Gasteiger charge is -2.43. The minimum atomic E-state index is -4.86. The first-order valence-corrected chi connectivity index (χ1v) is 12.7. The van der Waals surface area contributed by atoms with Crippen molar-refractivity contribution in [2.45, 2.75) is 32.4 Å². The maximum absolute atomic E-state index is 16.2. The smallest absolute Gasteiger partial charge is 0.418 e. The van der Waals surface area contributed by atoms with Crippen LogP contribution >= 0.6 is 11.6 Å². The van der Waals surface area contributed by atoms with Crippen molar-refractivity contribution in [3.63, 3.8) is 0 Å². The lowest BCUT2D eigenvalue weighted by Crippen LogP contribution is -2.56. The average molecular weight is 599 g/mol. The molecule has 41 heavy (non-hydrogen) atoms. The molecule has 0 saturated carbocycles. The normalized spacial score (nSPS) is 18.8. The SMILES string of the molecule is C=C(COC=O)C(=O)N1CCN(C2=NC(OC)Nc3c2cc(Cl)c(-c2nc(N)cc(C)c2C(F)(F)F)c3F)C(C)C1. The van der Waals surface area contributed by atoms with Gasteiger partial charge in [0.1, 0.15) is 18.3 Å². The van der Waals surface area contributed by atoms with Gasteiger partial charge in [0, 0.05) is 43.9 Å². The van der Waals surface area contributed by atoms with E-state index in [-0.39, 0.29) is 83.7 Å². The van der Waals surface area contributed by atoms with Crippen LogP contribution in [0.5, 0.6) is 0 Å². The molecule has 2 unspecified atom stereocenters. The van der Waals surface area contributed by atoms with E-state index >= 15 is 4.39 Å². The van der Waals surface area contributed by atoms with Gasteiger partial charge in [-0.3, -0.25) is 9.59 Å². The van der Waals surface area contributed by atoms with Crippen molar-refractivity contribution in [2.75, 3.05) is 44.4 Å². The quantitative estimate of drug-likeness (QED) is 0.292. The predicted octanol–water partition coefficient (Wildman–Crippen LogP) is 3.81. The Balaban J connectivity index is 1.75. The van der Waals surface area contributed by atoms with Gasteiger partial charge in [-0.1, -0.05) is 18.2 Å². The molecule has 3 heterocycles. The predicted molar refractivity (Wildman–Crippen MR) is 144 cm³/mol. The largest absolute Gasteiger partial charge is 0.463 e. The van der Waals surface area contributed by atoms with Gasteiger partial charge in [-0.2, -0.15) is 13.2 Å². The Hall–Kier alpha value is -3.91. The minimum Gasteiger partial charge on any atom is -0.463 e. The van der Waals surface area contributed by atoms with Crippen molar-refractivity contribution < 1.29 is 36.6 Å². The first kappa shape index (κ1) is 30.1. The molecule has 2 atom stereocenters. The third-order valence-corrected chi connectivity index (χ3v) is 7.06. The van der Waals surface area contributed by atoms with Crippen LogP contribution in [0.25, 0.3) is 11.3 Å². The number of amides is 1. The van der Waals surface area contributed by atoms with Gasteiger partial charge in [0.05, 0.1) is 27.5 Å². The van der Waals surface area contributed by atoms with E-state index in [0.717, 1.165) is 6.07 Å². The van der Waals surface area contributed by atoms with Crippen LogP contribution in [0, 0.1) is 12.7 Å². The van der Waals surface area contributed by atoms with E-state index in [4.69, 9.17) is 22.1 Å². The Morgan fingerprint density at radius 2 is 2.05 bits per heavy atom. The van der Waals surface area contributed by atoms with E-state index in [1.54, 1.807) is 0 Å². The number of benzene rings is 1. The molecule has 3 N–H and O–H groups in total. The van der Waals surface area contributed by atoms with Crippen LogP contribution in [-0.4, -0.2) is 78.7 Å². The van der Waals surface area contributed by atoms with Crippen molar-refractivity contribution in [2.24, 2.45) is 4.99 Å². The van der Waals surface area contributed by atoms with Gasteiger partial charge in [-0.15, -0.1) is 0 Å². The fraction of sp³-hybridized carbons (Fsp3) is 0.385. The number of nitrogens with zero attached hydrogens (tertiary/aromatic N) is 4. The summed E-state index contributed by atoms with van der Waals surface area (Å²) < 4.78 is 68.2. The zero-order valence-electron chi connectivity index (χ0n) is 22.3. The molecule has 0 aliphatic carbocycles. The van der Waals surface area contributed by atoms with E-state index in [1.165, 1.54) is 25.0 Å². The number of piperazine rings is 1. The van der Waals surface area contributed by atoms with E-state index < -0.39 is 35.2 Å². The van der Waals surface area contributed by atoms with Crippen LogP contribution in [-0.2, 0) is 25.2 Å². The van der Waals surface area contributed by atoms with Gasteiger partial charge in [-0.05, 0) is 31.5 Å². The monoisotopic (exact) mass is 598 g/mol. The Bertz CT molecular complexity index is 1430. The number of halogens is 5. The summed E-state index contributed by atoms with van der Waals surface area (Å²) in [5, 5.41) is 2.43. The number of carbonyl (C=O) groups excluding carboxylic acids is 2. The molecule has 15 heteroatoms. The summed E-state index contributed by atoms with van der Waals surface area (Å²) in [7, 11) is 1.33. The number of rotatable bonds is 6. The Labute approximate surface area is 237 Å². The van der Waals surface area contributed by atoms with Crippen molar-refractivity contribution in [3.8, 4) is 11.3 Å². The van der Waals surface area contributed by atoms with Crippen molar-refractivity contribution >= 4 is 41.3 Å². The number of hydrogen-bond donors (Lipinski definition) is 2. The minimum absolute atomic E-state index is 0.103. The highest BCUT2D eigenvalue weighted by Crippen LogP contribution is 2.45. The molecule has 2 aliphatic heterocycles. The summed E-state index contributed by atoms with van der Waals surface area (Å²) in [5.41, 5.74) is 3.15. The summed E-state index contributed by atoms with van der Waals surface area (Å²) in [6.45, 7) is 7.39. The molecule has 1 fully saturated rings. The summed E-state index contributed by atoms with van der Waals surface area (Å²) in [6, 6.07) is 2.03. The molecule has 0 bridgehead atoms. The maximum Gasteiger partial charge on any atom is 0.418 e. The number of carbonyl (C=O) groups is 2. The van der Waals surface area contributed by atoms with Crippen LogP contribution in [0.1, 0.15) is 23.6 Å². The van der Waals surface area contributed by atoms with Gasteiger partial charge in [0.25, 0.3) is 12.4 Å². The van der Waals surface area contributed by atoms with Crippen molar-refractivity contribution in [3.05, 3.63) is 51.8 Å². The molecule has 4 rings (SSSR count). The van der Waals surface area contributed by atoms with Gasteiger partial charge in [0.15, 0.2) is 5.82 Å². The number of amidine groups is 1. The Kier molecular flexibility index (Phi) is 8.45. The molecule has 1 aromatic heterocycles. The molecular formula is C26H27ClF4N6O4. The molecule has 1 saturated heterocycles. The standard InChI is InChI=1S/C26H27ClF4N6O4/c1-12-7-17(32)33-22(19(12)26(29,30)31)18-16(27)8-15-21(20(18)28)34-25(40-4)35-23(15)37-6-5-36(9-14(37)3)24(39)13(2)10-41-11-38/h7-8,11,14,25,34H,2,5-6,9-10H2,1,3-4H3,(H2,32,33). The highest BCUT2D eigenvalue weighted by Gasteiger charge is 2.40. The number of nitrogens with one attached hydrogen (secondary N) is 1. The number of aryl methyl sites for hydroxylation is 1. The summed E-state index contributed by atoms with van der Waals surface area (Å²) in [5.74, 6) is -1.43. The van der Waals surface area contributed by atoms with Gasteiger partial charge >= 0.3 is 6.18 Å². The number of alkyl halides is 3. The molecule has 0 radical (unpaired) electrons. The van der Waals surface area contributed by atoms with Crippen LogP contribution in [0.2, 0.25) is 5.02 Å². The van der Waals surface area contributed by atoms with E-state index in [1.807, 2.05) is 11.8 Å². The molecule has 0 spiro atoms. The van der Waals surface area contributed by atoms with Crippen LogP contribution in [0.4, 0.5) is 29.1 Å². The number of aliphatic imine (C=N–C) groups is 1. The number of anilines is 2. The molecule has 1 aromatic carbocycles. The third-order valence-electron chi connectivity index (χ3n) is 6.76. The van der Waals surface area contributed by atoms with Crippen molar-refractivity contribution in [1.29, 1.82) is 0 Å². The number of fused-ring (bicyclic) bond motifs is 1. The summed E-state index contributed by atoms with van der Waals surface area (Å²) >= 11 is 6.46. The first-order chi connectivity index (χ1) is 19.3. The second-order valence-electron chi connectivity index (χ2n) is 9.54. The number of hydrogen-bond acceptors (Lipinski definition) is 9. The zero-order chi connectivity index (χ0) is 30.2. The molecule has 2 aromatic rings. The Morgan fingerprint density at radius 1 is 1.34 bits per heavy atom. The number of methoxy groups -OCH3 is 1. The second-order valence-corrected chi connectivity index (χ2v) is 9.95. The number of nitrogens with two attached hydrogens (primary N) is 1. The fourth-order valence-electron chi connectivity index (χ4n) is 4.94. The average Bonchev–Trinajstić information content (AvgIpc) is 2.89. The summed E-state index contributed by atoms with van der Waals surface area (Å²) in [6.07, 6.45) is -5.94. The lowest BCUT2D eigenvalue weighted by molar-refractivity contribution is -0.137.